The number of hydrogen-bond acceptors (Lipinski definition) is 5. The standard InChI is InChI=1S/C27H32F2N4O3/c1-3-22-24(26(34)36-4-2)23(31-27(35)30-22)17-32-13-15-33(16-14-32)25(18-5-9-20(28)10-6-18)19-7-11-21(29)12-8-19/h5-12,22,25H,3-4,13-17H2,1-2H3,(H2,30,31,35)/t22-/m1/s1. The normalized spacial score (nSPS) is 19.2. The van der Waals surface area contributed by atoms with Gasteiger partial charge < -0.3 is 15.4 Å². The molecule has 1 fully saturated rings. The van der Waals surface area contributed by atoms with Crippen LogP contribution in [0.5, 0.6) is 0 Å². The van der Waals surface area contributed by atoms with Crippen LogP contribution in [-0.4, -0.2) is 67.2 Å². The Balaban J connectivity index is 1.52. The van der Waals surface area contributed by atoms with Crippen molar-refractivity contribution in [1.82, 2.24) is 20.4 Å². The van der Waals surface area contributed by atoms with E-state index in [0.717, 1.165) is 11.1 Å². The minimum Gasteiger partial charge on any atom is -0.463 e. The molecule has 1 saturated heterocycles. The van der Waals surface area contributed by atoms with Crippen molar-refractivity contribution in [1.29, 1.82) is 0 Å². The van der Waals surface area contributed by atoms with Crippen molar-refractivity contribution < 1.29 is 23.1 Å². The predicted molar refractivity (Wildman–Crippen MR) is 132 cm³/mol. The van der Waals surface area contributed by atoms with Gasteiger partial charge in [0.05, 0.1) is 24.3 Å². The zero-order valence-corrected chi connectivity index (χ0v) is 20.6. The molecular weight excluding hydrogens is 466 g/mol. The second-order valence-electron chi connectivity index (χ2n) is 8.99. The first-order valence-corrected chi connectivity index (χ1v) is 12.3. The summed E-state index contributed by atoms with van der Waals surface area (Å²) in [6.45, 7) is 7.13. The molecular formula is C27H32F2N4O3. The molecule has 2 N–H and O–H groups in total. The Labute approximate surface area is 210 Å². The third-order valence-corrected chi connectivity index (χ3v) is 6.67. The molecule has 0 saturated carbocycles. The molecule has 4 rings (SSSR count). The summed E-state index contributed by atoms with van der Waals surface area (Å²) >= 11 is 0. The van der Waals surface area contributed by atoms with Crippen LogP contribution in [0.1, 0.15) is 37.4 Å². The lowest BCUT2D eigenvalue weighted by atomic mass is 9.96. The number of piperazine rings is 1. The third kappa shape index (κ3) is 5.91. The number of carbonyl (C=O) groups excluding carboxylic acids is 2. The van der Waals surface area contributed by atoms with E-state index < -0.39 is 12.0 Å². The number of esters is 1. The van der Waals surface area contributed by atoms with Crippen LogP contribution in [0.25, 0.3) is 0 Å². The summed E-state index contributed by atoms with van der Waals surface area (Å²) < 4.78 is 32.5. The van der Waals surface area contributed by atoms with Crippen molar-refractivity contribution in [2.45, 2.75) is 32.4 Å². The fourth-order valence-electron chi connectivity index (χ4n) is 4.89. The maximum atomic E-state index is 13.6. The molecule has 2 heterocycles. The fraction of sp³-hybridized carbons (Fsp3) is 0.407. The molecule has 9 heteroatoms. The summed E-state index contributed by atoms with van der Waals surface area (Å²) in [5.41, 5.74) is 2.91. The number of carbonyl (C=O) groups is 2. The Morgan fingerprint density at radius 1 is 0.972 bits per heavy atom. The number of nitrogens with zero attached hydrogens (tertiary/aromatic N) is 2. The van der Waals surface area contributed by atoms with Crippen LogP contribution in [0.4, 0.5) is 13.6 Å². The first-order chi connectivity index (χ1) is 17.4. The van der Waals surface area contributed by atoms with Gasteiger partial charge in [-0.2, -0.15) is 0 Å². The van der Waals surface area contributed by atoms with Gasteiger partial charge in [0.2, 0.25) is 0 Å². The van der Waals surface area contributed by atoms with E-state index in [1.165, 1.54) is 24.3 Å². The van der Waals surface area contributed by atoms with E-state index in [1.54, 1.807) is 31.2 Å². The van der Waals surface area contributed by atoms with Gasteiger partial charge in [0, 0.05) is 38.4 Å². The SMILES string of the molecule is CCOC(=O)C1=C(CN2CCN(C(c3ccc(F)cc3)c3ccc(F)cc3)CC2)NC(=O)N[C@@H]1CC. The van der Waals surface area contributed by atoms with Crippen LogP contribution in [-0.2, 0) is 9.53 Å². The van der Waals surface area contributed by atoms with Crippen molar-refractivity contribution in [3.05, 3.63) is 82.6 Å². The minimum atomic E-state index is -0.418. The Morgan fingerprint density at radius 2 is 1.53 bits per heavy atom. The maximum Gasteiger partial charge on any atom is 0.337 e. The molecule has 0 spiro atoms. The van der Waals surface area contributed by atoms with E-state index in [4.69, 9.17) is 4.74 Å². The molecule has 2 aliphatic rings. The number of halogens is 2. The van der Waals surface area contributed by atoms with Crippen molar-refractivity contribution in [3.63, 3.8) is 0 Å². The van der Waals surface area contributed by atoms with Gasteiger partial charge in [-0.3, -0.25) is 9.80 Å². The van der Waals surface area contributed by atoms with Gasteiger partial charge in [0.15, 0.2) is 0 Å². The second-order valence-corrected chi connectivity index (χ2v) is 8.99. The largest absolute Gasteiger partial charge is 0.463 e. The highest BCUT2D eigenvalue weighted by Crippen LogP contribution is 2.30. The summed E-state index contributed by atoms with van der Waals surface area (Å²) in [7, 11) is 0. The number of nitrogens with one attached hydrogen (secondary N) is 2. The molecule has 0 aromatic heterocycles. The van der Waals surface area contributed by atoms with Crippen LogP contribution in [0.15, 0.2) is 59.8 Å². The van der Waals surface area contributed by atoms with Crippen LogP contribution < -0.4 is 10.6 Å². The number of amides is 2. The highest BCUT2D eigenvalue weighted by molar-refractivity contribution is 5.94. The molecule has 0 unspecified atom stereocenters. The van der Waals surface area contributed by atoms with Gasteiger partial charge in [0.1, 0.15) is 11.6 Å². The van der Waals surface area contributed by atoms with Crippen LogP contribution in [0, 0.1) is 11.6 Å². The maximum absolute atomic E-state index is 13.6. The zero-order chi connectivity index (χ0) is 25.7. The smallest absolute Gasteiger partial charge is 0.337 e. The summed E-state index contributed by atoms with van der Waals surface area (Å²) in [6, 6.07) is 12.0. The summed E-state index contributed by atoms with van der Waals surface area (Å²) in [4.78, 5) is 29.4. The summed E-state index contributed by atoms with van der Waals surface area (Å²) in [5.74, 6) is -1.03. The van der Waals surface area contributed by atoms with E-state index in [9.17, 15) is 18.4 Å². The average Bonchev–Trinajstić information content (AvgIpc) is 2.87. The van der Waals surface area contributed by atoms with Crippen molar-refractivity contribution >= 4 is 12.0 Å². The average molecular weight is 499 g/mol. The molecule has 192 valence electrons. The third-order valence-electron chi connectivity index (χ3n) is 6.67. The quantitative estimate of drug-likeness (QED) is 0.545. The molecule has 0 radical (unpaired) electrons. The lowest BCUT2D eigenvalue weighted by molar-refractivity contribution is -0.139. The van der Waals surface area contributed by atoms with Gasteiger partial charge in [0.25, 0.3) is 0 Å². The van der Waals surface area contributed by atoms with E-state index >= 15 is 0 Å². The summed E-state index contributed by atoms with van der Waals surface area (Å²) in [5, 5.41) is 5.62. The first-order valence-electron chi connectivity index (χ1n) is 12.3. The van der Waals surface area contributed by atoms with Gasteiger partial charge in [-0.05, 0) is 48.7 Å². The lowest BCUT2D eigenvalue weighted by Crippen LogP contribution is -2.54. The van der Waals surface area contributed by atoms with E-state index in [-0.39, 0.29) is 30.3 Å². The molecule has 0 aliphatic carbocycles. The molecule has 2 aliphatic heterocycles. The highest BCUT2D eigenvalue weighted by atomic mass is 19.1. The number of rotatable bonds is 8. The molecule has 2 aromatic rings. The molecule has 2 amide bonds. The van der Waals surface area contributed by atoms with Gasteiger partial charge in [-0.25, -0.2) is 18.4 Å². The molecule has 36 heavy (non-hydrogen) atoms. The van der Waals surface area contributed by atoms with Crippen molar-refractivity contribution in [3.8, 4) is 0 Å². The molecule has 7 nitrogen and oxygen atoms in total. The van der Waals surface area contributed by atoms with E-state index in [1.807, 2.05) is 6.92 Å². The number of ether oxygens (including phenoxy) is 1. The Bertz CT molecular complexity index is 1050. The monoisotopic (exact) mass is 498 g/mol. The first kappa shape index (κ1) is 25.8. The topological polar surface area (TPSA) is 73.9 Å². The molecule has 2 aromatic carbocycles. The Morgan fingerprint density at radius 3 is 2.03 bits per heavy atom. The van der Waals surface area contributed by atoms with Crippen LogP contribution in [0.3, 0.4) is 0 Å². The Hall–Kier alpha value is -3.30. The van der Waals surface area contributed by atoms with E-state index in [0.29, 0.717) is 50.4 Å². The summed E-state index contributed by atoms with van der Waals surface area (Å²) in [6.07, 6.45) is 0.579. The second kappa shape index (κ2) is 11.6. The molecule has 1 atom stereocenters. The van der Waals surface area contributed by atoms with Crippen LogP contribution in [0.2, 0.25) is 0 Å². The van der Waals surface area contributed by atoms with Gasteiger partial charge in [-0.1, -0.05) is 31.2 Å². The van der Waals surface area contributed by atoms with Gasteiger partial charge >= 0.3 is 12.0 Å². The van der Waals surface area contributed by atoms with E-state index in [2.05, 4.69) is 20.4 Å². The lowest BCUT2D eigenvalue weighted by Gasteiger charge is -2.40. The highest BCUT2D eigenvalue weighted by Gasteiger charge is 2.33. The number of benzene rings is 2. The van der Waals surface area contributed by atoms with Crippen LogP contribution >= 0.6 is 0 Å². The zero-order valence-electron chi connectivity index (χ0n) is 20.6. The van der Waals surface area contributed by atoms with Crippen molar-refractivity contribution in [2.24, 2.45) is 0 Å². The predicted octanol–water partition coefficient (Wildman–Crippen LogP) is 3.58. The van der Waals surface area contributed by atoms with Gasteiger partial charge in [-0.15, -0.1) is 0 Å². The number of hydrogen-bond donors (Lipinski definition) is 2. The Kier molecular flexibility index (Phi) is 8.32. The minimum absolute atomic E-state index is 0.147. The fourth-order valence-corrected chi connectivity index (χ4v) is 4.89. The van der Waals surface area contributed by atoms with Crippen molar-refractivity contribution in [2.75, 3.05) is 39.3 Å². The molecule has 0 bridgehead atoms. The number of urea groups is 1.